The lowest BCUT2D eigenvalue weighted by Gasteiger charge is -2.21. The molecule has 0 spiro atoms. The predicted molar refractivity (Wildman–Crippen MR) is 87.7 cm³/mol. The van der Waals surface area contributed by atoms with Gasteiger partial charge in [-0.15, -0.1) is 0 Å². The number of nitrogens with zero attached hydrogens (tertiary/aromatic N) is 2. The maximum Gasteiger partial charge on any atom is 0.416 e. The van der Waals surface area contributed by atoms with Crippen LogP contribution in [0.25, 0.3) is 0 Å². The lowest BCUT2D eigenvalue weighted by Crippen LogP contribution is -2.35. The van der Waals surface area contributed by atoms with E-state index in [4.69, 9.17) is 4.42 Å². The molecule has 0 unspecified atom stereocenters. The highest BCUT2D eigenvalue weighted by molar-refractivity contribution is 5.77. The van der Waals surface area contributed by atoms with Crippen molar-refractivity contribution in [2.45, 2.75) is 26.2 Å². The summed E-state index contributed by atoms with van der Waals surface area (Å²) >= 11 is 0. The predicted octanol–water partition coefficient (Wildman–Crippen LogP) is 3.70. The molecule has 25 heavy (non-hydrogen) atoms. The second-order valence-corrected chi connectivity index (χ2v) is 6.13. The molecule has 2 rings (SSSR count). The Labute approximate surface area is 144 Å². The zero-order valence-corrected chi connectivity index (χ0v) is 14.4. The van der Waals surface area contributed by atoms with E-state index in [0.29, 0.717) is 24.4 Å². The van der Waals surface area contributed by atoms with Crippen LogP contribution < -0.4 is 0 Å². The Morgan fingerprint density at radius 2 is 1.68 bits per heavy atom. The van der Waals surface area contributed by atoms with Gasteiger partial charge >= 0.3 is 6.18 Å². The summed E-state index contributed by atoms with van der Waals surface area (Å²) in [7, 11) is 3.44. The van der Waals surface area contributed by atoms with Gasteiger partial charge in [-0.1, -0.05) is 12.1 Å². The second kappa shape index (κ2) is 7.74. The average molecular weight is 354 g/mol. The minimum Gasteiger partial charge on any atom is -0.464 e. The number of alkyl halides is 3. The fraction of sp³-hybridized carbons (Fsp3) is 0.389. The number of likely N-dealkylation sites (N-methyl/N-ethyl adjacent to an activating group) is 2. The van der Waals surface area contributed by atoms with Gasteiger partial charge in [0.05, 0.1) is 18.7 Å². The lowest BCUT2D eigenvalue weighted by molar-refractivity contribution is -0.137. The van der Waals surface area contributed by atoms with Gasteiger partial charge in [0.25, 0.3) is 0 Å². The Balaban J connectivity index is 1.86. The fourth-order valence-electron chi connectivity index (χ4n) is 2.41. The van der Waals surface area contributed by atoms with Crippen LogP contribution in [0.2, 0.25) is 0 Å². The third-order valence-corrected chi connectivity index (χ3v) is 3.75. The molecule has 0 saturated heterocycles. The van der Waals surface area contributed by atoms with Crippen molar-refractivity contribution in [2.24, 2.45) is 0 Å². The van der Waals surface area contributed by atoms with Gasteiger partial charge in [-0.25, -0.2) is 0 Å². The first-order valence-electron chi connectivity index (χ1n) is 7.79. The minimum atomic E-state index is -4.34. The number of aryl methyl sites for hydroxylation is 1. The second-order valence-electron chi connectivity index (χ2n) is 6.13. The van der Waals surface area contributed by atoms with Gasteiger partial charge in [0.1, 0.15) is 11.5 Å². The molecule has 0 radical (unpaired) electrons. The number of hydrogen-bond acceptors (Lipinski definition) is 3. The first kappa shape index (κ1) is 19.1. The summed E-state index contributed by atoms with van der Waals surface area (Å²) in [6.45, 7) is 2.76. The maximum absolute atomic E-state index is 12.6. The smallest absolute Gasteiger partial charge is 0.416 e. The van der Waals surface area contributed by atoms with Crippen molar-refractivity contribution in [2.75, 3.05) is 20.6 Å². The van der Waals surface area contributed by atoms with Gasteiger partial charge in [0, 0.05) is 13.6 Å². The van der Waals surface area contributed by atoms with Crippen molar-refractivity contribution in [1.29, 1.82) is 0 Å². The van der Waals surface area contributed by atoms with Crippen molar-refractivity contribution in [3.05, 3.63) is 59.0 Å². The van der Waals surface area contributed by atoms with Gasteiger partial charge in [0.15, 0.2) is 0 Å². The molecule has 7 heteroatoms. The van der Waals surface area contributed by atoms with Crippen molar-refractivity contribution in [3.8, 4) is 0 Å². The Morgan fingerprint density at radius 3 is 2.20 bits per heavy atom. The molecule has 0 aliphatic heterocycles. The molecule has 1 amide bonds. The van der Waals surface area contributed by atoms with E-state index in [1.165, 1.54) is 12.1 Å². The number of hydrogen-bond donors (Lipinski definition) is 0. The van der Waals surface area contributed by atoms with Gasteiger partial charge in [0.2, 0.25) is 5.91 Å². The van der Waals surface area contributed by atoms with Gasteiger partial charge in [-0.2, -0.15) is 13.2 Å². The monoisotopic (exact) mass is 354 g/mol. The quantitative estimate of drug-likeness (QED) is 0.794. The number of halogens is 3. The van der Waals surface area contributed by atoms with Gasteiger partial charge in [-0.3, -0.25) is 9.69 Å². The maximum atomic E-state index is 12.6. The van der Waals surface area contributed by atoms with Crippen LogP contribution in [0, 0.1) is 6.92 Å². The highest BCUT2D eigenvalue weighted by atomic mass is 19.4. The van der Waals surface area contributed by atoms with E-state index in [1.54, 1.807) is 23.9 Å². The molecule has 0 aliphatic carbocycles. The summed E-state index contributed by atoms with van der Waals surface area (Å²) in [6.07, 6.45) is -4.34. The van der Waals surface area contributed by atoms with Crippen molar-refractivity contribution < 1.29 is 22.4 Å². The molecular formula is C18H21F3N2O2. The first-order valence-corrected chi connectivity index (χ1v) is 7.79. The first-order chi connectivity index (χ1) is 11.6. The van der Waals surface area contributed by atoms with E-state index in [9.17, 15) is 18.0 Å². The molecule has 136 valence electrons. The average Bonchev–Trinajstić information content (AvgIpc) is 2.91. The molecule has 0 fully saturated rings. The fourth-order valence-corrected chi connectivity index (χ4v) is 2.41. The Bertz CT molecular complexity index is 708. The summed E-state index contributed by atoms with van der Waals surface area (Å²) < 4.78 is 43.1. The summed E-state index contributed by atoms with van der Waals surface area (Å²) in [5.74, 6) is 1.40. The van der Waals surface area contributed by atoms with Crippen LogP contribution in [0.3, 0.4) is 0 Å². The van der Waals surface area contributed by atoms with E-state index >= 15 is 0 Å². The number of amides is 1. The third kappa shape index (κ3) is 5.63. The highest BCUT2D eigenvalue weighted by Crippen LogP contribution is 2.29. The van der Waals surface area contributed by atoms with Crippen LogP contribution in [-0.2, 0) is 24.1 Å². The lowest BCUT2D eigenvalue weighted by atomic mass is 10.1. The number of carbonyl (C=O) groups is 1. The Kier molecular flexibility index (Phi) is 5.89. The number of carbonyl (C=O) groups excluding carboxylic acids is 1. The van der Waals surface area contributed by atoms with Crippen LogP contribution in [0.5, 0.6) is 0 Å². The zero-order valence-electron chi connectivity index (χ0n) is 14.4. The summed E-state index contributed by atoms with van der Waals surface area (Å²) in [6, 6.07) is 8.63. The Morgan fingerprint density at radius 1 is 1.04 bits per heavy atom. The molecular weight excluding hydrogens is 333 g/mol. The van der Waals surface area contributed by atoms with Gasteiger partial charge in [-0.05, 0) is 43.8 Å². The molecule has 4 nitrogen and oxygen atoms in total. The number of rotatable bonds is 6. The number of furan rings is 1. The van der Waals surface area contributed by atoms with Crippen LogP contribution in [0.15, 0.2) is 40.8 Å². The molecule has 1 heterocycles. The van der Waals surface area contributed by atoms with Crippen molar-refractivity contribution in [1.82, 2.24) is 9.80 Å². The topological polar surface area (TPSA) is 36.7 Å². The van der Waals surface area contributed by atoms with Crippen molar-refractivity contribution in [3.63, 3.8) is 0 Å². The summed E-state index contributed by atoms with van der Waals surface area (Å²) in [5.41, 5.74) is 0.0380. The normalized spacial score (nSPS) is 11.8. The molecule has 0 N–H and O–H groups in total. The van der Waals surface area contributed by atoms with E-state index < -0.39 is 11.7 Å². The molecule has 1 aromatic carbocycles. The molecule has 0 atom stereocenters. The van der Waals surface area contributed by atoms with E-state index in [1.807, 2.05) is 19.1 Å². The SMILES string of the molecule is Cc1ccc(CN(C)C(=O)CN(C)Cc2ccc(C(F)(F)F)cc2)o1. The van der Waals surface area contributed by atoms with Crippen LogP contribution in [-0.4, -0.2) is 36.3 Å². The Hall–Kier alpha value is -2.28. The van der Waals surface area contributed by atoms with Crippen LogP contribution in [0.1, 0.15) is 22.6 Å². The molecule has 0 bridgehead atoms. The van der Waals surface area contributed by atoms with Gasteiger partial charge < -0.3 is 9.32 Å². The molecule has 0 saturated carbocycles. The van der Waals surface area contributed by atoms with Crippen molar-refractivity contribution >= 4 is 5.91 Å². The largest absolute Gasteiger partial charge is 0.464 e. The van der Waals surface area contributed by atoms with Crippen LogP contribution >= 0.6 is 0 Å². The standard InChI is InChI=1S/C18H21F3N2O2/c1-13-4-9-16(25-13)11-23(3)17(24)12-22(2)10-14-5-7-15(8-6-14)18(19,20)21/h4-9H,10-12H2,1-3H3. The molecule has 1 aromatic heterocycles. The van der Waals surface area contributed by atoms with E-state index in [-0.39, 0.29) is 12.5 Å². The third-order valence-electron chi connectivity index (χ3n) is 3.75. The zero-order chi connectivity index (χ0) is 18.6. The van der Waals surface area contributed by atoms with E-state index in [2.05, 4.69) is 0 Å². The number of benzene rings is 1. The van der Waals surface area contributed by atoms with Crippen LogP contribution in [0.4, 0.5) is 13.2 Å². The summed E-state index contributed by atoms with van der Waals surface area (Å²) in [5, 5.41) is 0. The highest BCUT2D eigenvalue weighted by Gasteiger charge is 2.29. The minimum absolute atomic E-state index is 0.0940. The molecule has 0 aliphatic rings. The summed E-state index contributed by atoms with van der Waals surface area (Å²) in [4.78, 5) is 15.6. The van der Waals surface area contributed by atoms with E-state index in [0.717, 1.165) is 17.9 Å². The molecule has 2 aromatic rings.